The maximum Gasteiger partial charge on any atom is 0.404 e. The fourth-order valence-electron chi connectivity index (χ4n) is 3.50. The van der Waals surface area contributed by atoms with E-state index in [2.05, 4.69) is 20.4 Å². The number of rotatable bonds is 11. The Labute approximate surface area is 209 Å². The first kappa shape index (κ1) is 27.7. The number of aryl methyl sites for hydroxylation is 1. The number of esters is 1. The second kappa shape index (κ2) is 11.9. The van der Waals surface area contributed by atoms with Gasteiger partial charge in [0, 0.05) is 25.9 Å². The molecule has 0 unspecified atom stereocenters. The van der Waals surface area contributed by atoms with Crippen molar-refractivity contribution in [3.8, 4) is 0 Å². The Morgan fingerprint density at radius 2 is 2.03 bits per heavy atom. The van der Waals surface area contributed by atoms with Crippen molar-refractivity contribution in [2.75, 3.05) is 48.8 Å². The van der Waals surface area contributed by atoms with Gasteiger partial charge in [-0.05, 0) is 37.0 Å². The van der Waals surface area contributed by atoms with Crippen LogP contribution in [0.4, 0.5) is 35.4 Å². The average Bonchev–Trinajstić information content (AvgIpc) is 3.26. The summed E-state index contributed by atoms with van der Waals surface area (Å²) in [7, 11) is -3.31. The zero-order valence-corrected chi connectivity index (χ0v) is 21.2. The number of methoxy groups -OCH3 is 1. The van der Waals surface area contributed by atoms with E-state index in [4.69, 9.17) is 9.47 Å². The van der Waals surface area contributed by atoms with E-state index in [0.717, 1.165) is 42.0 Å². The lowest BCUT2D eigenvalue weighted by atomic mass is 10.00. The molecule has 36 heavy (non-hydrogen) atoms. The topological polar surface area (TPSA) is 135 Å². The highest BCUT2D eigenvalue weighted by molar-refractivity contribution is 7.92. The summed E-state index contributed by atoms with van der Waals surface area (Å²) in [5, 5.41) is 15.3. The molecule has 1 N–H and O–H groups in total. The summed E-state index contributed by atoms with van der Waals surface area (Å²) < 4.78 is 74.5. The first-order valence-electron chi connectivity index (χ1n) is 10.9. The molecule has 1 aromatic carbocycles. The van der Waals surface area contributed by atoms with Crippen LogP contribution < -0.4 is 9.62 Å². The van der Waals surface area contributed by atoms with Crippen LogP contribution in [0.5, 0.6) is 0 Å². The molecule has 0 radical (unpaired) electrons. The zero-order chi connectivity index (χ0) is 26.3. The summed E-state index contributed by atoms with van der Waals surface area (Å²) in [4.78, 5) is 14.0. The maximum absolute atomic E-state index is 12.8. The molecule has 3 rings (SSSR count). The Hall–Kier alpha value is -2.85. The van der Waals surface area contributed by atoms with E-state index in [0.29, 0.717) is 13.0 Å². The molecule has 0 saturated heterocycles. The number of carbonyl (C=O) groups is 1. The molecule has 1 aliphatic heterocycles. The van der Waals surface area contributed by atoms with Crippen LogP contribution in [-0.2, 0) is 25.9 Å². The predicted octanol–water partition coefficient (Wildman–Crippen LogP) is 4.22. The smallest absolute Gasteiger partial charge is 0.404 e. The van der Waals surface area contributed by atoms with Crippen LogP contribution in [0.15, 0.2) is 22.4 Å². The summed E-state index contributed by atoms with van der Waals surface area (Å²) in [6.45, 7) is 3.67. The second-order valence-electron chi connectivity index (χ2n) is 7.78. The lowest BCUT2D eigenvalue weighted by Gasteiger charge is -2.32. The maximum atomic E-state index is 12.8. The number of azo groups is 1. The molecule has 0 spiro atoms. The van der Waals surface area contributed by atoms with Gasteiger partial charge in [-0.3, -0.25) is 4.72 Å². The monoisotopic (exact) mass is 550 g/mol. The third kappa shape index (κ3) is 7.83. The first-order valence-corrected chi connectivity index (χ1v) is 13.4. The Kier molecular flexibility index (Phi) is 9.19. The molecule has 198 valence electrons. The Morgan fingerprint density at radius 3 is 2.72 bits per heavy atom. The number of hydrogen-bond acceptors (Lipinski definition) is 11. The fourth-order valence-corrected chi connectivity index (χ4v) is 5.06. The summed E-state index contributed by atoms with van der Waals surface area (Å²) in [5.74, 6) is -2.77. The number of halogens is 3. The van der Waals surface area contributed by atoms with Gasteiger partial charge in [0.1, 0.15) is 12.3 Å². The fraction of sp³-hybridized carbons (Fsp3) is 0.550. The van der Waals surface area contributed by atoms with Crippen molar-refractivity contribution in [2.24, 2.45) is 10.2 Å². The molecule has 0 aliphatic carbocycles. The van der Waals surface area contributed by atoms with E-state index >= 15 is 0 Å². The van der Waals surface area contributed by atoms with Crippen LogP contribution >= 0.6 is 11.3 Å². The number of sulfonamides is 1. The van der Waals surface area contributed by atoms with Gasteiger partial charge in [-0.15, -0.1) is 20.4 Å². The molecule has 0 bridgehead atoms. The first-order chi connectivity index (χ1) is 17.0. The number of fused-ring (bicyclic) bond motifs is 1. The number of benzene rings is 1. The predicted molar refractivity (Wildman–Crippen MR) is 127 cm³/mol. The molecular formula is C20H25F3N6O5S2. The van der Waals surface area contributed by atoms with Crippen LogP contribution in [0.25, 0.3) is 0 Å². The van der Waals surface area contributed by atoms with Crippen molar-refractivity contribution in [1.29, 1.82) is 0 Å². The Balaban J connectivity index is 1.91. The normalized spacial score (nSPS) is 14.2. The lowest BCUT2D eigenvalue weighted by Crippen LogP contribution is -2.31. The van der Waals surface area contributed by atoms with Crippen molar-refractivity contribution in [3.63, 3.8) is 0 Å². The number of hydrogen-bond donors (Lipinski definition) is 1. The highest BCUT2D eigenvalue weighted by Gasteiger charge is 2.35. The summed E-state index contributed by atoms with van der Waals surface area (Å²) in [6.07, 6.45) is -2.54. The van der Waals surface area contributed by atoms with Crippen molar-refractivity contribution < 1.29 is 35.9 Å². The SMILES string of the molecule is CCCN1CCCc2cc(N=Nc3nnc(C(=O)OCCOC)s3)c(NS(=O)(=O)CC(F)(F)F)cc21. The van der Waals surface area contributed by atoms with E-state index in [1.54, 1.807) is 6.07 Å². The molecular weight excluding hydrogens is 525 g/mol. The minimum absolute atomic E-state index is 0.0114. The van der Waals surface area contributed by atoms with E-state index in [9.17, 15) is 26.4 Å². The van der Waals surface area contributed by atoms with Gasteiger partial charge < -0.3 is 14.4 Å². The van der Waals surface area contributed by atoms with Crippen LogP contribution in [-0.4, -0.2) is 69.9 Å². The number of aromatic nitrogens is 2. The molecule has 2 heterocycles. The number of ether oxygens (including phenoxy) is 2. The van der Waals surface area contributed by atoms with Gasteiger partial charge in [0.25, 0.3) is 5.13 Å². The summed E-state index contributed by atoms with van der Waals surface area (Å²) >= 11 is 0.787. The third-order valence-electron chi connectivity index (χ3n) is 4.88. The second-order valence-corrected chi connectivity index (χ2v) is 10.5. The van der Waals surface area contributed by atoms with Gasteiger partial charge in [-0.25, -0.2) is 13.2 Å². The minimum Gasteiger partial charge on any atom is -0.458 e. The highest BCUT2D eigenvalue weighted by Crippen LogP contribution is 2.38. The molecule has 16 heteroatoms. The highest BCUT2D eigenvalue weighted by atomic mass is 32.2. The van der Waals surface area contributed by atoms with Crippen molar-refractivity contribution in [3.05, 3.63) is 22.7 Å². The largest absolute Gasteiger partial charge is 0.458 e. The van der Waals surface area contributed by atoms with Gasteiger partial charge in [0.15, 0.2) is 5.75 Å². The van der Waals surface area contributed by atoms with Crippen molar-refractivity contribution in [1.82, 2.24) is 10.2 Å². The molecule has 0 amide bonds. The lowest BCUT2D eigenvalue weighted by molar-refractivity contribution is -0.106. The number of nitrogens with one attached hydrogen (secondary N) is 1. The van der Waals surface area contributed by atoms with E-state index in [1.165, 1.54) is 13.2 Å². The molecule has 0 saturated carbocycles. The van der Waals surface area contributed by atoms with Crippen molar-refractivity contribution >= 4 is 49.5 Å². The number of nitrogens with zero attached hydrogens (tertiary/aromatic N) is 5. The molecule has 11 nitrogen and oxygen atoms in total. The number of anilines is 2. The Bertz CT molecular complexity index is 1200. The molecule has 1 aromatic heterocycles. The van der Waals surface area contributed by atoms with Gasteiger partial charge >= 0.3 is 12.1 Å². The summed E-state index contributed by atoms with van der Waals surface area (Å²) in [5.41, 5.74) is 1.46. The molecule has 0 fully saturated rings. The zero-order valence-electron chi connectivity index (χ0n) is 19.5. The third-order valence-corrected chi connectivity index (χ3v) is 6.90. The van der Waals surface area contributed by atoms with Gasteiger partial charge in [0.2, 0.25) is 15.0 Å². The summed E-state index contributed by atoms with van der Waals surface area (Å²) in [6, 6.07) is 3.07. The number of carbonyl (C=O) groups excluding carboxylic acids is 1. The van der Waals surface area contributed by atoms with Crippen LogP contribution in [0.1, 0.15) is 35.1 Å². The quantitative estimate of drug-likeness (QED) is 0.250. The van der Waals surface area contributed by atoms with Gasteiger partial charge in [-0.2, -0.15) is 13.2 Å². The van der Waals surface area contributed by atoms with Crippen LogP contribution in [0, 0.1) is 0 Å². The van der Waals surface area contributed by atoms with Gasteiger partial charge in [-0.1, -0.05) is 18.3 Å². The van der Waals surface area contributed by atoms with E-state index in [-0.39, 0.29) is 34.7 Å². The number of alkyl halides is 3. The van der Waals surface area contributed by atoms with E-state index < -0.39 is 27.9 Å². The van der Waals surface area contributed by atoms with Gasteiger partial charge in [0.05, 0.1) is 12.3 Å². The minimum atomic E-state index is -4.92. The molecule has 0 atom stereocenters. The average molecular weight is 551 g/mol. The standard InChI is InChI=1S/C20H25F3N6O5S2/c1-3-6-29-7-4-5-13-10-14(15(11-16(13)29)28-36(31,32)12-20(21,22)23)24-26-19-27-25-17(35-19)18(30)34-9-8-33-2/h10-11,28H,3-9,12H2,1-2H3. The Morgan fingerprint density at radius 1 is 1.25 bits per heavy atom. The van der Waals surface area contributed by atoms with Crippen LogP contribution in [0.3, 0.4) is 0 Å². The van der Waals surface area contributed by atoms with Crippen molar-refractivity contribution in [2.45, 2.75) is 32.4 Å². The molecule has 1 aliphatic rings. The van der Waals surface area contributed by atoms with Crippen LogP contribution in [0.2, 0.25) is 0 Å². The van der Waals surface area contributed by atoms with E-state index in [1.807, 2.05) is 16.5 Å². The molecule has 2 aromatic rings.